The Bertz CT molecular complexity index is 647. The molecular weight excluding hydrogens is 443 g/mol. The molecule has 1 aromatic carbocycles. The van der Waals surface area contributed by atoms with Crippen molar-refractivity contribution >= 4 is 41.3 Å². The van der Waals surface area contributed by atoms with Crippen molar-refractivity contribution in [1.29, 1.82) is 0 Å². The zero-order valence-electron chi connectivity index (χ0n) is 13.8. The summed E-state index contributed by atoms with van der Waals surface area (Å²) in [5.74, 6) is -0.291. The van der Waals surface area contributed by atoms with Crippen molar-refractivity contribution in [2.24, 2.45) is 4.99 Å². The van der Waals surface area contributed by atoms with E-state index in [4.69, 9.17) is 0 Å². The van der Waals surface area contributed by atoms with Crippen molar-refractivity contribution in [2.75, 3.05) is 27.2 Å². The Kier molecular flexibility index (Phi) is 9.20. The largest absolute Gasteiger partial charge is 0.356 e. The Hall–Kier alpha value is -1.22. The van der Waals surface area contributed by atoms with Gasteiger partial charge in [0.05, 0.1) is 0 Å². The van der Waals surface area contributed by atoms with Crippen LogP contribution in [0.15, 0.2) is 40.7 Å². The van der Waals surface area contributed by atoms with Gasteiger partial charge in [0.1, 0.15) is 11.6 Å². The van der Waals surface area contributed by atoms with Crippen LogP contribution in [0, 0.1) is 11.6 Å². The fraction of sp³-hybridized carbons (Fsp3) is 0.353. The summed E-state index contributed by atoms with van der Waals surface area (Å²) in [6.07, 6.45) is 1.44. The van der Waals surface area contributed by atoms with E-state index in [9.17, 15) is 8.78 Å². The summed E-state index contributed by atoms with van der Waals surface area (Å²) in [4.78, 5) is 7.61. The molecular formula is C17H22F2IN3S. The quantitative estimate of drug-likeness (QED) is 0.398. The molecule has 0 fully saturated rings. The molecule has 0 atom stereocenters. The van der Waals surface area contributed by atoms with Gasteiger partial charge < -0.3 is 10.2 Å². The summed E-state index contributed by atoms with van der Waals surface area (Å²) in [6, 6.07) is 7.84. The van der Waals surface area contributed by atoms with Crippen LogP contribution in [-0.4, -0.2) is 38.0 Å². The van der Waals surface area contributed by atoms with Gasteiger partial charge in [-0.05, 0) is 35.9 Å². The highest BCUT2D eigenvalue weighted by Crippen LogP contribution is 2.10. The fourth-order valence-corrected chi connectivity index (χ4v) is 2.95. The number of halogens is 3. The first-order chi connectivity index (χ1) is 11.1. The molecule has 0 unspecified atom stereocenters. The first-order valence-electron chi connectivity index (χ1n) is 7.48. The summed E-state index contributed by atoms with van der Waals surface area (Å²) in [5, 5.41) is 5.28. The van der Waals surface area contributed by atoms with Crippen LogP contribution in [0.4, 0.5) is 8.78 Å². The van der Waals surface area contributed by atoms with Crippen LogP contribution in [0.5, 0.6) is 0 Å². The van der Waals surface area contributed by atoms with Gasteiger partial charge in [-0.3, -0.25) is 4.99 Å². The molecule has 3 nitrogen and oxygen atoms in total. The standard InChI is InChI=1S/C17H21F2N3S.HI/c1-20-17(22(2)10-8-15-4-3-11-23-15)21-9-7-13-5-6-14(18)12-16(13)19;/h3-6,11-12H,7-10H2,1-2H3,(H,20,21);1H. The number of aliphatic imine (C=N–C) groups is 1. The molecule has 1 aromatic heterocycles. The van der Waals surface area contributed by atoms with Gasteiger partial charge in [-0.15, -0.1) is 35.3 Å². The molecule has 132 valence electrons. The van der Waals surface area contributed by atoms with Crippen LogP contribution in [0.2, 0.25) is 0 Å². The molecule has 0 amide bonds. The van der Waals surface area contributed by atoms with E-state index < -0.39 is 11.6 Å². The van der Waals surface area contributed by atoms with Crippen molar-refractivity contribution in [3.05, 3.63) is 57.8 Å². The molecule has 1 N–H and O–H groups in total. The summed E-state index contributed by atoms with van der Waals surface area (Å²) in [6.45, 7) is 1.39. The Morgan fingerprint density at radius 3 is 2.67 bits per heavy atom. The molecule has 2 rings (SSSR count). The molecule has 24 heavy (non-hydrogen) atoms. The molecule has 0 aliphatic rings. The lowest BCUT2D eigenvalue weighted by molar-refractivity contribution is 0.486. The molecule has 0 aliphatic carbocycles. The second kappa shape index (κ2) is 10.6. The highest BCUT2D eigenvalue weighted by Gasteiger charge is 2.08. The number of nitrogens with one attached hydrogen (secondary N) is 1. The maximum Gasteiger partial charge on any atom is 0.193 e. The minimum Gasteiger partial charge on any atom is -0.356 e. The summed E-state index contributed by atoms with van der Waals surface area (Å²) >= 11 is 1.74. The number of hydrogen-bond donors (Lipinski definition) is 1. The minimum absolute atomic E-state index is 0. The van der Waals surface area contributed by atoms with Crippen LogP contribution in [0.25, 0.3) is 0 Å². The van der Waals surface area contributed by atoms with E-state index >= 15 is 0 Å². The number of nitrogens with zero attached hydrogens (tertiary/aromatic N) is 2. The van der Waals surface area contributed by atoms with Gasteiger partial charge in [-0.2, -0.15) is 0 Å². The summed E-state index contributed by atoms with van der Waals surface area (Å²) in [7, 11) is 3.70. The number of thiophene rings is 1. The van der Waals surface area contributed by atoms with Gasteiger partial charge in [0.15, 0.2) is 5.96 Å². The van der Waals surface area contributed by atoms with Crippen LogP contribution < -0.4 is 5.32 Å². The SMILES string of the molecule is CN=C(NCCc1ccc(F)cc1F)N(C)CCc1cccs1.I. The zero-order valence-corrected chi connectivity index (χ0v) is 16.9. The van der Waals surface area contributed by atoms with E-state index in [-0.39, 0.29) is 24.0 Å². The molecule has 0 saturated carbocycles. The van der Waals surface area contributed by atoms with E-state index in [1.807, 2.05) is 18.0 Å². The molecule has 0 radical (unpaired) electrons. The molecule has 7 heteroatoms. The topological polar surface area (TPSA) is 27.6 Å². The van der Waals surface area contributed by atoms with Gasteiger partial charge in [0.25, 0.3) is 0 Å². The molecule has 0 aliphatic heterocycles. The smallest absolute Gasteiger partial charge is 0.193 e. The number of likely N-dealkylation sites (N-methyl/N-ethyl adjacent to an activating group) is 1. The Morgan fingerprint density at radius 2 is 2.04 bits per heavy atom. The molecule has 0 spiro atoms. The van der Waals surface area contributed by atoms with Gasteiger partial charge in [0.2, 0.25) is 0 Å². The molecule has 0 saturated heterocycles. The first kappa shape index (κ1) is 20.8. The van der Waals surface area contributed by atoms with E-state index in [0.717, 1.165) is 25.0 Å². The third-order valence-corrected chi connectivity index (χ3v) is 4.48. The van der Waals surface area contributed by atoms with E-state index in [1.54, 1.807) is 18.4 Å². The number of rotatable bonds is 6. The maximum absolute atomic E-state index is 13.6. The normalized spacial score (nSPS) is 11.1. The number of hydrogen-bond acceptors (Lipinski definition) is 2. The minimum atomic E-state index is -0.552. The Balaban J connectivity index is 0.00000288. The van der Waals surface area contributed by atoms with Gasteiger partial charge >= 0.3 is 0 Å². The van der Waals surface area contributed by atoms with Crippen molar-refractivity contribution in [2.45, 2.75) is 12.8 Å². The highest BCUT2D eigenvalue weighted by molar-refractivity contribution is 14.0. The van der Waals surface area contributed by atoms with Crippen molar-refractivity contribution in [3.63, 3.8) is 0 Å². The molecule has 0 bridgehead atoms. The Morgan fingerprint density at radius 1 is 1.25 bits per heavy atom. The van der Waals surface area contributed by atoms with Gasteiger partial charge in [-0.25, -0.2) is 8.78 Å². The van der Waals surface area contributed by atoms with Crippen LogP contribution in [-0.2, 0) is 12.8 Å². The Labute approximate surface area is 162 Å². The molecule has 1 heterocycles. The lowest BCUT2D eigenvalue weighted by Crippen LogP contribution is -2.40. The molecule has 2 aromatic rings. The monoisotopic (exact) mass is 465 g/mol. The first-order valence-corrected chi connectivity index (χ1v) is 8.36. The van der Waals surface area contributed by atoms with E-state index in [1.165, 1.54) is 17.0 Å². The number of benzene rings is 1. The predicted molar refractivity (Wildman–Crippen MR) is 107 cm³/mol. The zero-order chi connectivity index (χ0) is 16.7. The second-order valence-corrected chi connectivity index (χ2v) is 6.24. The fourth-order valence-electron chi connectivity index (χ4n) is 2.26. The van der Waals surface area contributed by atoms with Crippen LogP contribution >= 0.6 is 35.3 Å². The van der Waals surface area contributed by atoms with E-state index in [0.29, 0.717) is 18.5 Å². The third kappa shape index (κ3) is 6.35. The third-order valence-electron chi connectivity index (χ3n) is 3.54. The lowest BCUT2D eigenvalue weighted by atomic mass is 10.1. The van der Waals surface area contributed by atoms with Crippen molar-refractivity contribution in [3.8, 4) is 0 Å². The van der Waals surface area contributed by atoms with Crippen molar-refractivity contribution in [1.82, 2.24) is 10.2 Å². The lowest BCUT2D eigenvalue weighted by Gasteiger charge is -2.21. The second-order valence-electron chi connectivity index (χ2n) is 5.21. The highest BCUT2D eigenvalue weighted by atomic mass is 127. The van der Waals surface area contributed by atoms with Gasteiger partial charge in [0, 0.05) is 38.1 Å². The van der Waals surface area contributed by atoms with Crippen molar-refractivity contribution < 1.29 is 8.78 Å². The summed E-state index contributed by atoms with van der Waals surface area (Å²) in [5.41, 5.74) is 0.496. The summed E-state index contributed by atoms with van der Waals surface area (Å²) < 4.78 is 26.5. The average Bonchev–Trinajstić information content (AvgIpc) is 3.04. The predicted octanol–water partition coefficient (Wildman–Crippen LogP) is 3.94. The van der Waals surface area contributed by atoms with Gasteiger partial charge in [-0.1, -0.05) is 12.1 Å². The maximum atomic E-state index is 13.6. The van der Waals surface area contributed by atoms with Crippen LogP contribution in [0.1, 0.15) is 10.4 Å². The van der Waals surface area contributed by atoms with E-state index in [2.05, 4.69) is 21.8 Å². The number of guanidine groups is 1. The average molecular weight is 465 g/mol. The van der Waals surface area contributed by atoms with Crippen LogP contribution in [0.3, 0.4) is 0 Å².